The highest BCUT2D eigenvalue weighted by Crippen LogP contribution is 2.40. The Kier molecular flexibility index (Phi) is 7.30. The Hall–Kier alpha value is -2.38. The van der Waals surface area contributed by atoms with Crippen molar-refractivity contribution in [2.45, 2.75) is 58.0 Å². The van der Waals surface area contributed by atoms with Crippen molar-refractivity contribution in [2.24, 2.45) is 5.92 Å². The Balaban J connectivity index is 2.08. The van der Waals surface area contributed by atoms with Crippen molar-refractivity contribution in [1.29, 1.82) is 5.41 Å². The van der Waals surface area contributed by atoms with Crippen LogP contribution in [0.4, 0.5) is 5.00 Å². The Morgan fingerprint density at radius 2 is 1.72 bits per heavy atom. The van der Waals surface area contributed by atoms with Gasteiger partial charge in [-0.25, -0.2) is 8.42 Å². The van der Waals surface area contributed by atoms with Gasteiger partial charge in [0.1, 0.15) is 10.6 Å². The van der Waals surface area contributed by atoms with Gasteiger partial charge in [0.25, 0.3) is 10.0 Å². The highest BCUT2D eigenvalue weighted by atomic mass is 32.2. The third kappa shape index (κ3) is 4.99. The van der Waals surface area contributed by atoms with Crippen molar-refractivity contribution in [3.63, 3.8) is 0 Å². The van der Waals surface area contributed by atoms with Gasteiger partial charge in [-0.2, -0.15) is 0 Å². The molecule has 0 saturated carbocycles. The fourth-order valence-corrected chi connectivity index (χ4v) is 6.48. The number of hydrogen-bond donors (Lipinski definition) is 1. The Morgan fingerprint density at radius 1 is 1.09 bits per heavy atom. The van der Waals surface area contributed by atoms with E-state index >= 15 is 0 Å². The van der Waals surface area contributed by atoms with Crippen LogP contribution in [-0.2, 0) is 14.8 Å². The largest absolute Gasteiger partial charge is 0.475 e. The molecule has 3 aromatic rings. The van der Waals surface area contributed by atoms with E-state index in [1.54, 1.807) is 30.3 Å². The number of sulfonamides is 1. The molecule has 2 aromatic carbocycles. The summed E-state index contributed by atoms with van der Waals surface area (Å²) in [4.78, 5) is 0.244. The number of benzene rings is 2. The van der Waals surface area contributed by atoms with E-state index in [-0.39, 0.29) is 23.3 Å². The lowest BCUT2D eigenvalue weighted by Gasteiger charge is -2.31. The molecule has 0 spiro atoms. The highest BCUT2D eigenvalue weighted by molar-refractivity contribution is 7.93. The third-order valence-corrected chi connectivity index (χ3v) is 9.05. The van der Waals surface area contributed by atoms with Crippen molar-refractivity contribution in [2.75, 3.05) is 10.8 Å². The van der Waals surface area contributed by atoms with E-state index in [2.05, 4.69) is 0 Å². The van der Waals surface area contributed by atoms with Gasteiger partial charge in [0, 0.05) is 11.2 Å². The summed E-state index contributed by atoms with van der Waals surface area (Å²) in [5, 5.41) is 10.3. The number of aryl methyl sites for hydroxylation is 1. The van der Waals surface area contributed by atoms with Crippen LogP contribution in [0.25, 0.3) is 10.1 Å². The maximum atomic E-state index is 13.8. The molecular weight excluding hydrogens is 440 g/mol. The Morgan fingerprint density at radius 3 is 2.31 bits per heavy atom. The minimum Gasteiger partial charge on any atom is -0.475 e. The van der Waals surface area contributed by atoms with Crippen molar-refractivity contribution in [3.8, 4) is 0 Å². The van der Waals surface area contributed by atoms with Crippen LogP contribution < -0.4 is 4.31 Å². The lowest BCUT2D eigenvalue weighted by atomic mass is 10.0. The molecular formula is C25H32N2O3S2. The molecule has 0 amide bonds. The van der Waals surface area contributed by atoms with E-state index in [0.29, 0.717) is 11.4 Å². The number of hydrogen-bond acceptors (Lipinski definition) is 5. The topological polar surface area (TPSA) is 70.5 Å². The zero-order chi connectivity index (χ0) is 23.5. The Labute approximate surface area is 195 Å². The molecule has 0 radical (unpaired) electrons. The van der Waals surface area contributed by atoms with E-state index in [4.69, 9.17) is 10.1 Å². The van der Waals surface area contributed by atoms with Gasteiger partial charge in [-0.05, 0) is 62.8 Å². The number of nitrogens with one attached hydrogen (secondary N) is 1. The average molecular weight is 473 g/mol. The molecule has 1 N–H and O–H groups in total. The lowest BCUT2D eigenvalue weighted by Crippen LogP contribution is -2.40. The number of fused-ring (bicyclic) bond motifs is 1. The summed E-state index contributed by atoms with van der Waals surface area (Å²) in [6, 6.07) is 16.5. The van der Waals surface area contributed by atoms with Gasteiger partial charge in [0.15, 0.2) is 5.90 Å². The van der Waals surface area contributed by atoms with Crippen LogP contribution in [0.15, 0.2) is 59.5 Å². The molecule has 5 nitrogen and oxygen atoms in total. The second kappa shape index (κ2) is 9.63. The summed E-state index contributed by atoms with van der Waals surface area (Å²) >= 11 is 1.47. The van der Waals surface area contributed by atoms with Crippen LogP contribution in [0.2, 0.25) is 0 Å². The quantitative estimate of drug-likeness (QED) is 0.281. The molecule has 172 valence electrons. The molecule has 3 rings (SSSR count). The summed E-state index contributed by atoms with van der Waals surface area (Å²) in [5.74, 6) is -0.227. The average Bonchev–Trinajstić information content (AvgIpc) is 3.11. The zero-order valence-corrected chi connectivity index (χ0v) is 21.0. The maximum absolute atomic E-state index is 13.8. The van der Waals surface area contributed by atoms with E-state index < -0.39 is 15.6 Å². The first-order chi connectivity index (χ1) is 15.1. The molecule has 0 saturated heterocycles. The van der Waals surface area contributed by atoms with E-state index in [1.165, 1.54) is 15.6 Å². The number of rotatable bonds is 9. The van der Waals surface area contributed by atoms with Crippen LogP contribution in [0.5, 0.6) is 0 Å². The van der Waals surface area contributed by atoms with Gasteiger partial charge in [-0.15, -0.1) is 11.3 Å². The van der Waals surface area contributed by atoms with Crippen molar-refractivity contribution in [3.05, 3.63) is 60.2 Å². The van der Waals surface area contributed by atoms with E-state index in [0.717, 1.165) is 22.1 Å². The fourth-order valence-electron chi connectivity index (χ4n) is 3.46. The number of nitrogens with zero attached hydrogens (tertiary/aromatic N) is 1. The summed E-state index contributed by atoms with van der Waals surface area (Å²) in [6.07, 6.45) is 1.36. The maximum Gasteiger partial charge on any atom is 0.264 e. The summed E-state index contributed by atoms with van der Waals surface area (Å²) in [5.41, 5.74) is 0.461. The molecule has 0 fully saturated rings. The molecule has 0 bridgehead atoms. The van der Waals surface area contributed by atoms with Gasteiger partial charge in [0.2, 0.25) is 0 Å². The molecule has 0 aliphatic heterocycles. The van der Waals surface area contributed by atoms with Crippen LogP contribution in [0.3, 0.4) is 0 Å². The summed E-state index contributed by atoms with van der Waals surface area (Å²) in [6.45, 7) is 9.99. The first-order valence-corrected chi connectivity index (χ1v) is 13.2. The molecule has 7 heteroatoms. The number of thiophene rings is 1. The molecule has 32 heavy (non-hydrogen) atoms. The predicted octanol–water partition coefficient (Wildman–Crippen LogP) is 6.61. The monoisotopic (exact) mass is 472 g/mol. The van der Waals surface area contributed by atoms with Gasteiger partial charge in [0.05, 0.1) is 10.8 Å². The second-order valence-corrected chi connectivity index (χ2v) is 11.5. The smallest absolute Gasteiger partial charge is 0.264 e. The van der Waals surface area contributed by atoms with Gasteiger partial charge in [-0.1, -0.05) is 50.2 Å². The first kappa shape index (κ1) is 24.3. The molecule has 0 aliphatic carbocycles. The standard InChI is InChI=1S/C25H32N2O3S2/c1-6-19(23(26)30-25(4,5)7-2)17-27(32(28,29)20-13-9-8-10-14-20)24-18(3)21-15-11-12-16-22(21)31-24/h8-16,19,26H,6-7,17H2,1-5H3. The van der Waals surface area contributed by atoms with E-state index in [1.807, 2.05) is 58.9 Å². The van der Waals surface area contributed by atoms with Crippen molar-refractivity contribution in [1.82, 2.24) is 0 Å². The highest BCUT2D eigenvalue weighted by Gasteiger charge is 2.33. The second-order valence-electron chi connectivity index (χ2n) is 8.56. The SMILES string of the molecule is CCC(CN(c1sc2ccccc2c1C)S(=O)(=O)c1ccccc1)C(=N)OC(C)(C)CC. The molecule has 1 aromatic heterocycles. The molecule has 1 heterocycles. The van der Waals surface area contributed by atoms with E-state index in [9.17, 15) is 8.42 Å². The zero-order valence-electron chi connectivity index (χ0n) is 19.4. The minimum atomic E-state index is -3.82. The normalized spacial score (nSPS) is 13.2. The summed E-state index contributed by atoms with van der Waals surface area (Å²) < 4.78 is 36.1. The summed E-state index contributed by atoms with van der Waals surface area (Å²) in [7, 11) is -3.82. The Bertz CT molecular complexity index is 1180. The van der Waals surface area contributed by atoms with Crippen molar-refractivity contribution < 1.29 is 13.2 Å². The predicted molar refractivity (Wildman–Crippen MR) is 134 cm³/mol. The molecule has 1 unspecified atom stereocenters. The fraction of sp³-hybridized carbons (Fsp3) is 0.400. The first-order valence-electron chi connectivity index (χ1n) is 10.9. The van der Waals surface area contributed by atoms with Crippen LogP contribution in [0.1, 0.15) is 46.1 Å². The lowest BCUT2D eigenvalue weighted by molar-refractivity contribution is 0.0799. The molecule has 1 atom stereocenters. The number of ether oxygens (including phenoxy) is 1. The third-order valence-electron chi connectivity index (χ3n) is 5.86. The van der Waals surface area contributed by atoms with Gasteiger partial charge >= 0.3 is 0 Å². The van der Waals surface area contributed by atoms with Crippen LogP contribution in [0, 0.1) is 18.3 Å². The number of anilines is 1. The van der Waals surface area contributed by atoms with Gasteiger partial charge < -0.3 is 4.74 Å². The van der Waals surface area contributed by atoms with Crippen LogP contribution in [-0.4, -0.2) is 26.5 Å². The van der Waals surface area contributed by atoms with Gasteiger partial charge in [-0.3, -0.25) is 9.71 Å². The molecule has 0 aliphatic rings. The minimum absolute atomic E-state index is 0.131. The van der Waals surface area contributed by atoms with Crippen molar-refractivity contribution >= 4 is 42.3 Å². The van der Waals surface area contributed by atoms with Crippen LogP contribution >= 0.6 is 11.3 Å².